The Morgan fingerprint density at radius 1 is 0.968 bits per heavy atom. The van der Waals surface area contributed by atoms with Crippen LogP contribution in [0.15, 0.2) is 54.6 Å². The van der Waals surface area contributed by atoms with Crippen LogP contribution in [-0.2, 0) is 4.74 Å². The van der Waals surface area contributed by atoms with Crippen LogP contribution >= 0.6 is 0 Å². The molecule has 4 rings (SSSR count). The van der Waals surface area contributed by atoms with Gasteiger partial charge in [0.25, 0.3) is 0 Å². The van der Waals surface area contributed by atoms with Crippen LogP contribution in [0.3, 0.4) is 0 Å². The zero-order valence-corrected chi connectivity index (χ0v) is 18.9. The van der Waals surface area contributed by atoms with E-state index in [1.165, 1.54) is 50.2 Å². The average molecular weight is 423 g/mol. The first kappa shape index (κ1) is 22.1. The fourth-order valence-corrected chi connectivity index (χ4v) is 5.53. The number of hydrogen-bond acceptors (Lipinski definition) is 2. The van der Waals surface area contributed by atoms with Gasteiger partial charge in [0.2, 0.25) is 0 Å². The summed E-state index contributed by atoms with van der Waals surface area (Å²) in [6.45, 7) is 5.34. The molecule has 0 aliphatic heterocycles. The third kappa shape index (κ3) is 5.38. The van der Waals surface area contributed by atoms with Crippen molar-refractivity contribution in [2.24, 2.45) is 11.8 Å². The van der Waals surface area contributed by atoms with Gasteiger partial charge in [-0.25, -0.2) is 4.39 Å². The van der Waals surface area contributed by atoms with Crippen molar-refractivity contribution in [3.05, 3.63) is 66.0 Å². The van der Waals surface area contributed by atoms with E-state index >= 15 is 0 Å². The summed E-state index contributed by atoms with van der Waals surface area (Å²) in [6.07, 6.45) is 11.9. The van der Waals surface area contributed by atoms with Crippen molar-refractivity contribution in [1.82, 2.24) is 0 Å². The van der Waals surface area contributed by atoms with E-state index in [9.17, 15) is 4.39 Å². The van der Waals surface area contributed by atoms with Crippen LogP contribution in [0.2, 0.25) is 0 Å². The first-order valence-electron chi connectivity index (χ1n) is 11.9. The van der Waals surface area contributed by atoms with Crippen molar-refractivity contribution < 1.29 is 13.9 Å². The monoisotopic (exact) mass is 422 g/mol. The normalized spacial score (nSPS) is 26.0. The summed E-state index contributed by atoms with van der Waals surface area (Å²) in [5.74, 6) is 2.63. The van der Waals surface area contributed by atoms with Gasteiger partial charge in [-0.05, 0) is 93.4 Å². The highest BCUT2D eigenvalue weighted by atomic mass is 19.1. The summed E-state index contributed by atoms with van der Waals surface area (Å²) >= 11 is 0. The van der Waals surface area contributed by atoms with Gasteiger partial charge in [0.1, 0.15) is 18.2 Å². The lowest BCUT2D eigenvalue weighted by Gasteiger charge is -2.42. The first-order valence-corrected chi connectivity index (χ1v) is 11.9. The minimum atomic E-state index is -0.239. The summed E-state index contributed by atoms with van der Waals surface area (Å²) in [6, 6.07) is 13.7. The van der Waals surface area contributed by atoms with Crippen molar-refractivity contribution in [3.63, 3.8) is 0 Å². The SMILES string of the molecule is C/C=C/COc1ccc(-c2ccc(C3CCC4CC(OCC)CCC4C3)cc2)c(F)c1. The minimum absolute atomic E-state index is 0.239. The number of halogens is 1. The Bertz CT molecular complexity index is 873. The lowest BCUT2D eigenvalue weighted by molar-refractivity contribution is -0.00955. The maximum absolute atomic E-state index is 14.7. The summed E-state index contributed by atoms with van der Waals surface area (Å²) in [4.78, 5) is 0. The molecule has 31 heavy (non-hydrogen) atoms. The molecule has 0 saturated heterocycles. The molecule has 0 spiro atoms. The highest BCUT2D eigenvalue weighted by molar-refractivity contribution is 5.65. The van der Waals surface area contributed by atoms with E-state index in [1.54, 1.807) is 0 Å². The number of rotatable bonds is 7. The maximum Gasteiger partial charge on any atom is 0.134 e. The van der Waals surface area contributed by atoms with Crippen LogP contribution in [0, 0.1) is 17.7 Å². The summed E-state index contributed by atoms with van der Waals surface area (Å²) in [7, 11) is 0. The van der Waals surface area contributed by atoms with Gasteiger partial charge in [0, 0.05) is 18.2 Å². The molecule has 2 aliphatic carbocycles. The molecule has 0 heterocycles. The summed E-state index contributed by atoms with van der Waals surface area (Å²) < 4.78 is 26.1. The van der Waals surface area contributed by atoms with Crippen LogP contribution in [0.25, 0.3) is 11.1 Å². The molecule has 0 radical (unpaired) electrons. The van der Waals surface area contributed by atoms with Gasteiger partial charge in [-0.2, -0.15) is 0 Å². The van der Waals surface area contributed by atoms with Crippen LogP contribution in [0.5, 0.6) is 5.75 Å². The molecule has 2 fully saturated rings. The van der Waals surface area contributed by atoms with E-state index in [0.717, 1.165) is 24.0 Å². The average Bonchev–Trinajstić information content (AvgIpc) is 2.79. The molecule has 4 unspecified atom stereocenters. The Kier molecular flexibility index (Phi) is 7.45. The lowest BCUT2D eigenvalue weighted by Crippen LogP contribution is -2.33. The molecule has 2 nitrogen and oxygen atoms in total. The fourth-order valence-electron chi connectivity index (χ4n) is 5.53. The third-order valence-electron chi connectivity index (χ3n) is 7.18. The molecule has 3 heteroatoms. The Hall–Kier alpha value is -2.13. The zero-order valence-electron chi connectivity index (χ0n) is 18.9. The molecule has 2 saturated carbocycles. The van der Waals surface area contributed by atoms with Gasteiger partial charge in [-0.15, -0.1) is 0 Å². The predicted molar refractivity (Wildman–Crippen MR) is 125 cm³/mol. The molecule has 0 amide bonds. The Labute approximate surface area is 186 Å². The molecular formula is C28H35FO2. The third-order valence-corrected chi connectivity index (χ3v) is 7.18. The smallest absolute Gasteiger partial charge is 0.134 e. The number of allylic oxidation sites excluding steroid dienone is 1. The van der Waals surface area contributed by atoms with Crippen molar-refractivity contribution in [1.29, 1.82) is 0 Å². The van der Waals surface area contributed by atoms with Gasteiger partial charge >= 0.3 is 0 Å². The topological polar surface area (TPSA) is 18.5 Å². The van der Waals surface area contributed by atoms with Gasteiger partial charge in [-0.3, -0.25) is 0 Å². The van der Waals surface area contributed by atoms with E-state index in [2.05, 4.69) is 31.2 Å². The van der Waals surface area contributed by atoms with Crippen LogP contribution in [-0.4, -0.2) is 19.3 Å². The standard InChI is InChI=1S/C28H35FO2/c1-3-5-16-31-26-14-15-27(28(29)19-26)21-8-6-20(7-9-21)22-10-11-24-18-25(30-4-2)13-12-23(24)17-22/h3,5-9,14-15,19,22-25H,4,10-13,16-18H2,1-2H3/b5-3+. The van der Waals surface area contributed by atoms with E-state index in [-0.39, 0.29) is 5.82 Å². The fraction of sp³-hybridized carbons (Fsp3) is 0.500. The molecule has 0 N–H and O–H groups in total. The number of benzene rings is 2. The second-order valence-electron chi connectivity index (χ2n) is 9.06. The Morgan fingerprint density at radius 2 is 1.74 bits per heavy atom. The molecular weight excluding hydrogens is 387 g/mol. The second kappa shape index (κ2) is 10.5. The van der Waals surface area contributed by atoms with Crippen molar-refractivity contribution in [2.75, 3.05) is 13.2 Å². The van der Waals surface area contributed by atoms with Crippen molar-refractivity contribution in [2.45, 2.75) is 64.4 Å². The van der Waals surface area contributed by atoms with E-state index in [0.29, 0.717) is 29.9 Å². The van der Waals surface area contributed by atoms with Gasteiger partial charge in [0.05, 0.1) is 6.10 Å². The van der Waals surface area contributed by atoms with Crippen molar-refractivity contribution in [3.8, 4) is 16.9 Å². The van der Waals surface area contributed by atoms with E-state index in [1.807, 2.05) is 31.2 Å². The van der Waals surface area contributed by atoms with Gasteiger partial charge in [-0.1, -0.05) is 36.4 Å². The van der Waals surface area contributed by atoms with E-state index < -0.39 is 0 Å². The molecule has 2 aromatic carbocycles. The van der Waals surface area contributed by atoms with Crippen LogP contribution in [0.1, 0.15) is 63.9 Å². The number of fused-ring (bicyclic) bond motifs is 1. The molecule has 166 valence electrons. The highest BCUT2D eigenvalue weighted by Gasteiger charge is 2.36. The summed E-state index contributed by atoms with van der Waals surface area (Å²) in [5, 5.41) is 0. The van der Waals surface area contributed by atoms with Crippen molar-refractivity contribution >= 4 is 0 Å². The number of hydrogen-bond donors (Lipinski definition) is 0. The quantitative estimate of drug-likeness (QED) is 0.429. The molecule has 0 bridgehead atoms. The van der Waals surface area contributed by atoms with Crippen LogP contribution in [0.4, 0.5) is 4.39 Å². The Balaban J connectivity index is 1.39. The number of ether oxygens (including phenoxy) is 2. The molecule has 0 aromatic heterocycles. The first-order chi connectivity index (χ1) is 15.2. The van der Waals surface area contributed by atoms with Crippen LogP contribution < -0.4 is 4.74 Å². The van der Waals surface area contributed by atoms with E-state index in [4.69, 9.17) is 9.47 Å². The lowest BCUT2D eigenvalue weighted by atomic mass is 9.65. The van der Waals surface area contributed by atoms with Gasteiger partial charge < -0.3 is 9.47 Å². The Morgan fingerprint density at radius 3 is 2.48 bits per heavy atom. The molecule has 4 atom stereocenters. The minimum Gasteiger partial charge on any atom is -0.489 e. The molecule has 2 aliphatic rings. The molecule has 2 aromatic rings. The highest BCUT2D eigenvalue weighted by Crippen LogP contribution is 2.46. The largest absolute Gasteiger partial charge is 0.489 e. The predicted octanol–water partition coefficient (Wildman–Crippen LogP) is 7.54. The summed E-state index contributed by atoms with van der Waals surface area (Å²) in [5.41, 5.74) is 2.95. The van der Waals surface area contributed by atoms with Gasteiger partial charge in [0.15, 0.2) is 0 Å². The maximum atomic E-state index is 14.7. The zero-order chi connectivity index (χ0) is 21.6. The second-order valence-corrected chi connectivity index (χ2v) is 9.06.